The molecule has 1 atom stereocenters. The molecule has 0 aliphatic heterocycles. The number of benzene rings is 1. The number of ketones is 1. The Hall–Kier alpha value is -1.42. The minimum atomic E-state index is -0.334. The quantitative estimate of drug-likeness (QED) is 0.573. The number of allylic oxidation sites excluding steroid dienone is 2. The van der Waals surface area contributed by atoms with Crippen molar-refractivity contribution in [2.24, 2.45) is 10.6 Å². The van der Waals surface area contributed by atoms with Gasteiger partial charge < -0.3 is 5.21 Å². The summed E-state index contributed by atoms with van der Waals surface area (Å²) in [5.74, 6) is 0.241. The van der Waals surface area contributed by atoms with Crippen LogP contribution in [-0.4, -0.2) is 16.7 Å². The number of oxime groups is 1. The molecular weight excluding hydrogens is 318 g/mol. The monoisotopic (exact) mass is 333 g/mol. The summed E-state index contributed by atoms with van der Waals surface area (Å²) in [7, 11) is 0. The van der Waals surface area contributed by atoms with Crippen molar-refractivity contribution in [2.75, 3.05) is 0 Å². The van der Waals surface area contributed by atoms with E-state index >= 15 is 0 Å². The van der Waals surface area contributed by atoms with E-state index in [9.17, 15) is 4.79 Å². The highest BCUT2D eigenvalue weighted by molar-refractivity contribution is 9.10. The summed E-state index contributed by atoms with van der Waals surface area (Å²) in [6.45, 7) is 1.93. The summed E-state index contributed by atoms with van der Waals surface area (Å²) in [5.41, 5.74) is 3.37. The normalized spacial score (nSPS) is 29.4. The van der Waals surface area contributed by atoms with Gasteiger partial charge in [0.15, 0.2) is 5.78 Å². The van der Waals surface area contributed by atoms with Gasteiger partial charge in [0.1, 0.15) is 0 Å². The number of hydrogen-bond acceptors (Lipinski definition) is 3. The van der Waals surface area contributed by atoms with Crippen LogP contribution in [0, 0.1) is 5.41 Å². The number of halogens is 1. The van der Waals surface area contributed by atoms with Crippen molar-refractivity contribution < 1.29 is 10.0 Å². The summed E-state index contributed by atoms with van der Waals surface area (Å²) >= 11 is 3.44. The second-order valence-corrected chi connectivity index (χ2v) is 6.54. The Balaban J connectivity index is 1.99. The van der Waals surface area contributed by atoms with Crippen LogP contribution >= 0.6 is 15.9 Å². The first-order valence-corrected chi connectivity index (χ1v) is 7.59. The summed E-state index contributed by atoms with van der Waals surface area (Å²) in [6, 6.07) is 5.96. The van der Waals surface area contributed by atoms with Gasteiger partial charge in [-0.1, -0.05) is 33.2 Å². The summed E-state index contributed by atoms with van der Waals surface area (Å²) in [4.78, 5) is 12.8. The van der Waals surface area contributed by atoms with Gasteiger partial charge >= 0.3 is 0 Å². The zero-order chi connectivity index (χ0) is 14.3. The molecular formula is C16H16BrNO2. The molecule has 1 saturated carbocycles. The zero-order valence-electron chi connectivity index (χ0n) is 11.3. The van der Waals surface area contributed by atoms with Crippen LogP contribution in [0.4, 0.5) is 0 Å². The van der Waals surface area contributed by atoms with Crippen LogP contribution in [0.1, 0.15) is 42.1 Å². The lowest BCUT2D eigenvalue weighted by atomic mass is 9.68. The summed E-state index contributed by atoms with van der Waals surface area (Å²) < 4.78 is 0.946. The maximum atomic E-state index is 12.8. The molecule has 1 N–H and O–H groups in total. The van der Waals surface area contributed by atoms with E-state index in [0.717, 1.165) is 39.7 Å². The first kappa shape index (κ1) is 13.6. The topological polar surface area (TPSA) is 49.7 Å². The predicted molar refractivity (Wildman–Crippen MR) is 81.4 cm³/mol. The van der Waals surface area contributed by atoms with Crippen molar-refractivity contribution in [3.63, 3.8) is 0 Å². The van der Waals surface area contributed by atoms with Crippen molar-refractivity contribution in [2.45, 2.75) is 32.6 Å². The van der Waals surface area contributed by atoms with Crippen LogP contribution in [0.5, 0.6) is 0 Å². The highest BCUT2D eigenvalue weighted by atomic mass is 79.9. The molecule has 3 rings (SSSR count). The van der Waals surface area contributed by atoms with Crippen molar-refractivity contribution >= 4 is 27.4 Å². The van der Waals surface area contributed by atoms with Gasteiger partial charge in [0, 0.05) is 15.5 Å². The molecule has 1 aromatic rings. The minimum absolute atomic E-state index is 0.241. The van der Waals surface area contributed by atoms with E-state index in [1.807, 2.05) is 31.2 Å². The number of rotatable bonds is 0. The lowest BCUT2D eigenvalue weighted by Crippen LogP contribution is -2.34. The van der Waals surface area contributed by atoms with E-state index in [1.54, 1.807) is 0 Å². The third-order valence-corrected chi connectivity index (χ3v) is 5.03. The molecule has 0 heterocycles. The Labute approximate surface area is 126 Å². The van der Waals surface area contributed by atoms with Crippen LogP contribution in [0.15, 0.2) is 39.5 Å². The fourth-order valence-electron chi connectivity index (χ4n) is 3.45. The van der Waals surface area contributed by atoms with Gasteiger partial charge in [-0.3, -0.25) is 4.79 Å². The van der Waals surface area contributed by atoms with Crippen LogP contribution in [0.25, 0.3) is 0 Å². The first-order valence-electron chi connectivity index (χ1n) is 6.79. The second-order valence-electron chi connectivity index (χ2n) is 5.63. The Bertz CT molecular complexity index is 648. The Morgan fingerprint density at radius 1 is 1.40 bits per heavy atom. The standard InChI is InChI=1S/C16H16BrNO2/c1-2-10-8-16(6-5-14(10)18-20)9-11-3-4-12(17)7-13(11)15(16)19/h2-4,7,20H,5-6,8-9H2,1H3. The van der Waals surface area contributed by atoms with Crippen molar-refractivity contribution in [3.8, 4) is 0 Å². The molecule has 20 heavy (non-hydrogen) atoms. The van der Waals surface area contributed by atoms with Gasteiger partial charge in [-0.2, -0.15) is 0 Å². The van der Waals surface area contributed by atoms with Gasteiger partial charge in [0.05, 0.1) is 5.71 Å². The summed E-state index contributed by atoms with van der Waals surface area (Å²) in [6.07, 6.45) is 4.85. The van der Waals surface area contributed by atoms with Crippen LogP contribution < -0.4 is 0 Å². The van der Waals surface area contributed by atoms with E-state index in [2.05, 4.69) is 21.1 Å². The highest BCUT2D eigenvalue weighted by Gasteiger charge is 2.48. The fraction of sp³-hybridized carbons (Fsp3) is 0.375. The van der Waals surface area contributed by atoms with Gasteiger partial charge in [-0.05, 0) is 55.9 Å². The van der Waals surface area contributed by atoms with Crippen LogP contribution in [-0.2, 0) is 6.42 Å². The highest BCUT2D eigenvalue weighted by Crippen LogP contribution is 2.48. The van der Waals surface area contributed by atoms with Gasteiger partial charge in [0.2, 0.25) is 0 Å². The molecule has 1 spiro atoms. The smallest absolute Gasteiger partial charge is 0.169 e. The van der Waals surface area contributed by atoms with E-state index in [0.29, 0.717) is 12.8 Å². The van der Waals surface area contributed by atoms with Gasteiger partial charge in [-0.15, -0.1) is 0 Å². The van der Waals surface area contributed by atoms with E-state index in [1.165, 1.54) is 0 Å². The number of carbonyl (C=O) groups is 1. The molecule has 0 amide bonds. The molecule has 2 aliphatic carbocycles. The number of hydrogen-bond donors (Lipinski definition) is 1. The van der Waals surface area contributed by atoms with Crippen LogP contribution in [0.2, 0.25) is 0 Å². The van der Waals surface area contributed by atoms with Gasteiger partial charge in [0.25, 0.3) is 0 Å². The number of nitrogens with zero attached hydrogens (tertiary/aromatic N) is 1. The number of carbonyl (C=O) groups excluding carboxylic acids is 1. The molecule has 3 nitrogen and oxygen atoms in total. The Kier molecular flexibility index (Phi) is 3.28. The molecule has 0 aromatic heterocycles. The third-order valence-electron chi connectivity index (χ3n) is 4.54. The second kappa shape index (κ2) is 4.85. The van der Waals surface area contributed by atoms with Crippen molar-refractivity contribution in [3.05, 3.63) is 45.4 Å². The zero-order valence-corrected chi connectivity index (χ0v) is 12.9. The summed E-state index contributed by atoms with van der Waals surface area (Å²) in [5, 5.41) is 12.4. The van der Waals surface area contributed by atoms with Gasteiger partial charge in [-0.25, -0.2) is 0 Å². The molecule has 1 aromatic carbocycles. The average Bonchev–Trinajstić information content (AvgIpc) is 2.72. The number of fused-ring (bicyclic) bond motifs is 1. The maximum Gasteiger partial charge on any atom is 0.169 e. The first-order chi connectivity index (χ1) is 9.59. The average molecular weight is 334 g/mol. The predicted octanol–water partition coefficient (Wildman–Crippen LogP) is 4.13. The lowest BCUT2D eigenvalue weighted by molar-refractivity contribution is 0.0801. The lowest BCUT2D eigenvalue weighted by Gasteiger charge is -2.33. The molecule has 104 valence electrons. The number of Topliss-reactive ketones (excluding diaryl/α,β-unsaturated/α-hetero) is 1. The molecule has 2 aliphatic rings. The molecule has 0 saturated heterocycles. The third kappa shape index (κ3) is 1.94. The van der Waals surface area contributed by atoms with Crippen molar-refractivity contribution in [1.29, 1.82) is 0 Å². The van der Waals surface area contributed by atoms with Crippen LogP contribution in [0.3, 0.4) is 0 Å². The maximum absolute atomic E-state index is 12.8. The van der Waals surface area contributed by atoms with E-state index in [-0.39, 0.29) is 11.2 Å². The molecule has 0 bridgehead atoms. The SMILES string of the molecule is CC=C1CC2(CCC1=NO)Cc1ccc(Br)cc1C2=O. The van der Waals surface area contributed by atoms with E-state index < -0.39 is 0 Å². The minimum Gasteiger partial charge on any atom is -0.411 e. The Morgan fingerprint density at radius 2 is 2.20 bits per heavy atom. The van der Waals surface area contributed by atoms with Crippen molar-refractivity contribution in [1.82, 2.24) is 0 Å². The molecule has 1 fully saturated rings. The molecule has 4 heteroatoms. The largest absolute Gasteiger partial charge is 0.411 e. The fourth-order valence-corrected chi connectivity index (χ4v) is 3.81. The molecule has 0 radical (unpaired) electrons. The Morgan fingerprint density at radius 3 is 2.90 bits per heavy atom. The molecule has 1 unspecified atom stereocenters. The van der Waals surface area contributed by atoms with E-state index in [4.69, 9.17) is 5.21 Å².